The fourth-order valence-corrected chi connectivity index (χ4v) is 2.75. The SMILES string of the molecule is COc1cccc2c(Cl)c3c(c(O)c12)C(=O)C=CC3=O. The molecule has 100 valence electrons. The second-order valence-electron chi connectivity index (χ2n) is 4.36. The molecule has 1 aliphatic carbocycles. The van der Waals surface area contributed by atoms with E-state index in [4.69, 9.17) is 16.3 Å². The fraction of sp³-hybridized carbons (Fsp3) is 0.0667. The number of hydrogen-bond donors (Lipinski definition) is 1. The summed E-state index contributed by atoms with van der Waals surface area (Å²) in [6.45, 7) is 0. The summed E-state index contributed by atoms with van der Waals surface area (Å²) in [6, 6.07) is 5.01. The standard InChI is InChI=1S/C15H9ClO4/c1-20-10-4-2-3-7-11(10)15(19)13-9(18)6-5-8(17)12(13)14(7)16/h2-6,19H,1H3. The van der Waals surface area contributed by atoms with Crippen molar-refractivity contribution in [2.24, 2.45) is 0 Å². The first-order chi connectivity index (χ1) is 9.56. The van der Waals surface area contributed by atoms with Gasteiger partial charge < -0.3 is 9.84 Å². The second kappa shape index (κ2) is 4.35. The van der Waals surface area contributed by atoms with Crippen molar-refractivity contribution < 1.29 is 19.4 Å². The molecule has 0 heterocycles. The van der Waals surface area contributed by atoms with Gasteiger partial charge in [-0.05, 0) is 18.2 Å². The summed E-state index contributed by atoms with van der Waals surface area (Å²) in [4.78, 5) is 23.9. The van der Waals surface area contributed by atoms with E-state index >= 15 is 0 Å². The van der Waals surface area contributed by atoms with Crippen LogP contribution >= 0.6 is 11.6 Å². The van der Waals surface area contributed by atoms with Crippen molar-refractivity contribution in [3.8, 4) is 11.5 Å². The van der Waals surface area contributed by atoms with Crippen LogP contribution in [-0.4, -0.2) is 23.8 Å². The Morgan fingerprint density at radius 2 is 1.75 bits per heavy atom. The molecule has 0 bridgehead atoms. The summed E-state index contributed by atoms with van der Waals surface area (Å²) in [7, 11) is 1.45. The molecule has 0 atom stereocenters. The van der Waals surface area contributed by atoms with Gasteiger partial charge >= 0.3 is 0 Å². The fourth-order valence-electron chi connectivity index (χ4n) is 2.41. The Morgan fingerprint density at radius 3 is 2.40 bits per heavy atom. The Kier molecular flexibility index (Phi) is 2.76. The van der Waals surface area contributed by atoms with E-state index in [1.54, 1.807) is 18.2 Å². The number of allylic oxidation sites excluding steroid dienone is 2. The molecule has 3 rings (SSSR count). The predicted octanol–water partition coefficient (Wildman–Crippen LogP) is 3.14. The number of benzene rings is 2. The topological polar surface area (TPSA) is 63.6 Å². The number of phenolic OH excluding ortho intramolecular Hbond substituents is 1. The highest BCUT2D eigenvalue weighted by Crippen LogP contribution is 2.44. The van der Waals surface area contributed by atoms with Crippen LogP contribution in [0.25, 0.3) is 10.8 Å². The van der Waals surface area contributed by atoms with Crippen LogP contribution in [0.5, 0.6) is 11.5 Å². The lowest BCUT2D eigenvalue weighted by molar-refractivity contribution is 0.0992. The van der Waals surface area contributed by atoms with E-state index in [0.717, 1.165) is 12.2 Å². The Hall–Kier alpha value is -2.33. The molecule has 4 nitrogen and oxygen atoms in total. The number of aromatic hydroxyl groups is 1. The molecule has 0 spiro atoms. The minimum Gasteiger partial charge on any atom is -0.506 e. The molecular formula is C15H9ClO4. The molecule has 1 aliphatic rings. The highest BCUT2D eigenvalue weighted by atomic mass is 35.5. The summed E-state index contributed by atoms with van der Waals surface area (Å²) in [6.07, 6.45) is 2.28. The molecule has 0 radical (unpaired) electrons. The lowest BCUT2D eigenvalue weighted by atomic mass is 9.90. The molecule has 5 heteroatoms. The maximum atomic E-state index is 11.9. The highest BCUT2D eigenvalue weighted by molar-refractivity contribution is 6.42. The molecule has 1 N–H and O–H groups in total. The van der Waals surface area contributed by atoms with Crippen LogP contribution in [-0.2, 0) is 0 Å². The monoisotopic (exact) mass is 288 g/mol. The normalized spacial score (nSPS) is 13.7. The Labute approximate surface area is 119 Å². The number of hydrogen-bond acceptors (Lipinski definition) is 4. The van der Waals surface area contributed by atoms with E-state index in [1.165, 1.54) is 7.11 Å². The van der Waals surface area contributed by atoms with Crippen LogP contribution in [0.15, 0.2) is 30.4 Å². The summed E-state index contributed by atoms with van der Waals surface area (Å²) < 4.78 is 5.18. The molecule has 0 unspecified atom stereocenters. The van der Waals surface area contributed by atoms with Crippen LogP contribution in [0.3, 0.4) is 0 Å². The first kappa shape index (κ1) is 12.7. The van der Waals surface area contributed by atoms with Crippen LogP contribution in [0, 0.1) is 0 Å². The zero-order valence-electron chi connectivity index (χ0n) is 10.4. The van der Waals surface area contributed by atoms with Gasteiger partial charge in [-0.2, -0.15) is 0 Å². The van der Waals surface area contributed by atoms with E-state index in [0.29, 0.717) is 16.5 Å². The van der Waals surface area contributed by atoms with Crippen molar-refractivity contribution in [2.45, 2.75) is 0 Å². The lowest BCUT2D eigenvalue weighted by Gasteiger charge is -2.17. The van der Waals surface area contributed by atoms with Gasteiger partial charge in [-0.15, -0.1) is 0 Å². The molecule has 0 aliphatic heterocycles. The third-order valence-corrected chi connectivity index (χ3v) is 3.70. The number of halogens is 1. The number of ether oxygens (including phenoxy) is 1. The van der Waals surface area contributed by atoms with Gasteiger partial charge in [0, 0.05) is 5.39 Å². The predicted molar refractivity (Wildman–Crippen MR) is 75.0 cm³/mol. The van der Waals surface area contributed by atoms with Crippen LogP contribution < -0.4 is 4.74 Å². The van der Waals surface area contributed by atoms with Crippen molar-refractivity contribution in [3.63, 3.8) is 0 Å². The van der Waals surface area contributed by atoms with Crippen molar-refractivity contribution >= 4 is 33.9 Å². The van der Waals surface area contributed by atoms with Crippen LogP contribution in [0.4, 0.5) is 0 Å². The van der Waals surface area contributed by atoms with Gasteiger partial charge in [-0.1, -0.05) is 23.7 Å². The maximum Gasteiger partial charge on any atom is 0.190 e. The number of ketones is 2. The average molecular weight is 289 g/mol. The first-order valence-electron chi connectivity index (χ1n) is 5.84. The van der Waals surface area contributed by atoms with Gasteiger partial charge in [-0.3, -0.25) is 9.59 Å². The molecular weight excluding hydrogens is 280 g/mol. The maximum absolute atomic E-state index is 11.9. The smallest absolute Gasteiger partial charge is 0.190 e. The molecule has 0 fully saturated rings. The van der Waals surface area contributed by atoms with Crippen molar-refractivity contribution in [2.75, 3.05) is 7.11 Å². The zero-order valence-corrected chi connectivity index (χ0v) is 11.2. The van der Waals surface area contributed by atoms with Gasteiger partial charge in [-0.25, -0.2) is 0 Å². The van der Waals surface area contributed by atoms with Gasteiger partial charge in [0.1, 0.15) is 11.5 Å². The molecule has 0 amide bonds. The minimum atomic E-state index is -0.452. The highest BCUT2D eigenvalue weighted by Gasteiger charge is 2.29. The van der Waals surface area contributed by atoms with Gasteiger partial charge in [0.05, 0.1) is 28.6 Å². The van der Waals surface area contributed by atoms with Crippen molar-refractivity contribution in [1.29, 1.82) is 0 Å². The quantitative estimate of drug-likeness (QED) is 0.875. The molecule has 20 heavy (non-hydrogen) atoms. The van der Waals surface area contributed by atoms with Crippen molar-refractivity contribution in [3.05, 3.63) is 46.5 Å². The van der Waals surface area contributed by atoms with Gasteiger partial charge in [0.25, 0.3) is 0 Å². The van der Waals surface area contributed by atoms with Gasteiger partial charge in [0.15, 0.2) is 11.6 Å². The van der Waals surface area contributed by atoms with E-state index in [2.05, 4.69) is 0 Å². The molecule has 0 aromatic heterocycles. The Morgan fingerprint density at radius 1 is 1.10 bits per heavy atom. The molecule has 0 saturated carbocycles. The van der Waals surface area contributed by atoms with E-state index in [9.17, 15) is 14.7 Å². The van der Waals surface area contributed by atoms with E-state index < -0.39 is 11.6 Å². The van der Waals surface area contributed by atoms with E-state index in [1.807, 2.05) is 0 Å². The number of fused-ring (bicyclic) bond motifs is 2. The molecule has 2 aromatic carbocycles. The molecule has 0 saturated heterocycles. The number of rotatable bonds is 1. The second-order valence-corrected chi connectivity index (χ2v) is 4.74. The third-order valence-electron chi connectivity index (χ3n) is 3.30. The van der Waals surface area contributed by atoms with Crippen LogP contribution in [0.1, 0.15) is 20.7 Å². The third kappa shape index (κ3) is 1.55. The van der Waals surface area contributed by atoms with Gasteiger partial charge in [0.2, 0.25) is 0 Å². The Balaban J connectivity index is 2.56. The Bertz CT molecular complexity index is 805. The van der Waals surface area contributed by atoms with E-state index in [-0.39, 0.29) is 21.9 Å². The zero-order chi connectivity index (χ0) is 14.4. The average Bonchev–Trinajstić information content (AvgIpc) is 2.46. The first-order valence-corrected chi connectivity index (χ1v) is 6.22. The van der Waals surface area contributed by atoms with Crippen LogP contribution in [0.2, 0.25) is 5.02 Å². The summed E-state index contributed by atoms with van der Waals surface area (Å²) in [5.74, 6) is -0.740. The largest absolute Gasteiger partial charge is 0.506 e. The number of methoxy groups -OCH3 is 1. The summed E-state index contributed by atoms with van der Waals surface area (Å²) in [5.41, 5.74) is -0.0306. The summed E-state index contributed by atoms with van der Waals surface area (Å²) >= 11 is 6.25. The number of phenols is 1. The number of carbonyl (C=O) groups excluding carboxylic acids is 2. The lowest BCUT2D eigenvalue weighted by Crippen LogP contribution is -2.13. The minimum absolute atomic E-state index is 0.0393. The molecule has 2 aromatic rings. The number of carbonyl (C=O) groups is 2. The van der Waals surface area contributed by atoms with Crippen molar-refractivity contribution in [1.82, 2.24) is 0 Å². The summed E-state index contributed by atoms with van der Waals surface area (Å²) in [5, 5.41) is 11.3.